The average Bonchev–Trinajstić information content (AvgIpc) is 2.34. The van der Waals surface area contributed by atoms with Crippen LogP contribution in [0.25, 0.3) is 0 Å². The Hall–Kier alpha value is -1.15. The van der Waals surface area contributed by atoms with Gasteiger partial charge in [0.25, 0.3) is 0 Å². The fourth-order valence-corrected chi connectivity index (χ4v) is 1.76. The Bertz CT molecular complexity index is 383. The zero-order valence-corrected chi connectivity index (χ0v) is 11.8. The molecule has 0 aliphatic carbocycles. The van der Waals surface area contributed by atoms with Crippen LogP contribution in [0.15, 0.2) is 18.2 Å². The molecule has 0 aliphatic rings. The zero-order chi connectivity index (χ0) is 13.4. The van der Waals surface area contributed by atoms with Crippen molar-refractivity contribution in [1.82, 2.24) is 0 Å². The molecule has 0 saturated heterocycles. The molecule has 0 amide bonds. The van der Waals surface area contributed by atoms with Crippen molar-refractivity contribution in [1.29, 1.82) is 0 Å². The molecule has 0 aromatic heterocycles. The van der Waals surface area contributed by atoms with Gasteiger partial charge in [-0.2, -0.15) is 0 Å². The molecule has 0 N–H and O–H groups in total. The summed E-state index contributed by atoms with van der Waals surface area (Å²) in [5.74, 6) is 0.259. The van der Waals surface area contributed by atoms with Gasteiger partial charge in [-0.05, 0) is 37.0 Å². The maximum Gasteiger partial charge on any atom is 0.139 e. The van der Waals surface area contributed by atoms with Crippen LogP contribution in [0.4, 0.5) is 0 Å². The number of benzene rings is 1. The van der Waals surface area contributed by atoms with E-state index in [4.69, 9.17) is 4.74 Å². The predicted molar refractivity (Wildman–Crippen MR) is 75.0 cm³/mol. The van der Waals surface area contributed by atoms with Crippen molar-refractivity contribution in [3.05, 3.63) is 34.9 Å². The molecule has 0 heterocycles. The minimum atomic E-state index is 0.259. The largest absolute Gasteiger partial charge is 0.381 e. The van der Waals surface area contributed by atoms with E-state index in [1.807, 2.05) is 6.07 Å². The second-order valence-corrected chi connectivity index (χ2v) is 4.85. The number of carbonyl (C=O) groups is 1. The van der Waals surface area contributed by atoms with E-state index in [-0.39, 0.29) is 5.78 Å². The van der Waals surface area contributed by atoms with Gasteiger partial charge < -0.3 is 4.74 Å². The third-order valence-electron chi connectivity index (χ3n) is 3.14. The zero-order valence-electron chi connectivity index (χ0n) is 11.8. The highest BCUT2D eigenvalue weighted by molar-refractivity contribution is 5.81. The Labute approximate surface area is 110 Å². The number of unbranched alkanes of at least 4 members (excludes halogenated alkanes) is 1. The molecule has 0 aliphatic heterocycles. The number of Topliss-reactive ketones (excluding diaryl/α,β-unsaturated/α-hetero) is 1. The fraction of sp³-hybridized carbons (Fsp3) is 0.562. The number of hydrogen-bond donors (Lipinski definition) is 0. The van der Waals surface area contributed by atoms with Gasteiger partial charge in [0.15, 0.2) is 0 Å². The Morgan fingerprint density at radius 1 is 1.17 bits per heavy atom. The number of ether oxygens (including phenoxy) is 1. The highest BCUT2D eigenvalue weighted by atomic mass is 16.5. The van der Waals surface area contributed by atoms with Crippen molar-refractivity contribution >= 4 is 5.78 Å². The molecule has 2 heteroatoms. The second kappa shape index (κ2) is 8.04. The van der Waals surface area contributed by atoms with Crippen LogP contribution in [0.3, 0.4) is 0 Å². The molecular formula is C16H24O2. The fourth-order valence-electron chi connectivity index (χ4n) is 1.76. The van der Waals surface area contributed by atoms with Gasteiger partial charge in [0.05, 0.1) is 6.61 Å². The molecule has 2 nitrogen and oxygen atoms in total. The van der Waals surface area contributed by atoms with Crippen LogP contribution < -0.4 is 0 Å². The number of ketones is 1. The van der Waals surface area contributed by atoms with Crippen LogP contribution >= 0.6 is 0 Å². The summed E-state index contributed by atoms with van der Waals surface area (Å²) in [6.45, 7) is 7.63. The van der Waals surface area contributed by atoms with E-state index in [1.165, 1.54) is 11.1 Å². The number of hydrogen-bond acceptors (Lipinski definition) is 2. The molecule has 100 valence electrons. The summed E-state index contributed by atoms with van der Waals surface area (Å²) >= 11 is 0. The summed E-state index contributed by atoms with van der Waals surface area (Å²) in [7, 11) is 0. The lowest BCUT2D eigenvalue weighted by Gasteiger charge is -2.05. The Morgan fingerprint density at radius 2 is 1.94 bits per heavy atom. The lowest BCUT2D eigenvalue weighted by molar-refractivity contribution is -0.119. The first-order chi connectivity index (χ1) is 8.63. The van der Waals surface area contributed by atoms with Gasteiger partial charge in [0.2, 0.25) is 0 Å². The van der Waals surface area contributed by atoms with Gasteiger partial charge in [-0.15, -0.1) is 0 Å². The molecule has 1 aromatic rings. The van der Waals surface area contributed by atoms with Crippen molar-refractivity contribution in [2.45, 2.75) is 46.5 Å². The predicted octanol–water partition coefficient (Wildman–Crippen LogP) is 3.62. The maximum atomic E-state index is 11.8. The molecular weight excluding hydrogens is 224 g/mol. The Balaban J connectivity index is 2.29. The minimum Gasteiger partial charge on any atom is -0.381 e. The van der Waals surface area contributed by atoms with Crippen LogP contribution in [-0.4, -0.2) is 19.0 Å². The Morgan fingerprint density at radius 3 is 2.61 bits per heavy atom. The topological polar surface area (TPSA) is 26.3 Å². The molecule has 0 unspecified atom stereocenters. The first kappa shape index (κ1) is 14.9. The summed E-state index contributed by atoms with van der Waals surface area (Å²) in [5, 5.41) is 0. The van der Waals surface area contributed by atoms with Crippen LogP contribution in [0, 0.1) is 13.8 Å². The van der Waals surface area contributed by atoms with Crippen molar-refractivity contribution in [2.24, 2.45) is 0 Å². The lowest BCUT2D eigenvalue weighted by atomic mass is 10.0. The van der Waals surface area contributed by atoms with E-state index in [0.29, 0.717) is 19.4 Å². The van der Waals surface area contributed by atoms with E-state index < -0.39 is 0 Å². The summed E-state index contributed by atoms with van der Waals surface area (Å²) in [6, 6.07) is 6.22. The van der Waals surface area contributed by atoms with E-state index in [9.17, 15) is 4.79 Å². The third kappa shape index (κ3) is 5.46. The van der Waals surface area contributed by atoms with Crippen molar-refractivity contribution < 1.29 is 9.53 Å². The molecule has 0 fully saturated rings. The SMILES string of the molecule is CCCCOCCC(=O)Cc1ccc(C)c(C)c1. The highest BCUT2D eigenvalue weighted by Crippen LogP contribution is 2.11. The van der Waals surface area contributed by atoms with Crippen LogP contribution in [0.2, 0.25) is 0 Å². The third-order valence-corrected chi connectivity index (χ3v) is 3.14. The van der Waals surface area contributed by atoms with Gasteiger partial charge in [0, 0.05) is 19.4 Å². The summed E-state index contributed by atoms with van der Waals surface area (Å²) in [5.41, 5.74) is 3.63. The molecule has 18 heavy (non-hydrogen) atoms. The molecule has 0 saturated carbocycles. The normalized spacial score (nSPS) is 10.6. The molecule has 0 bridgehead atoms. The van der Waals surface area contributed by atoms with Crippen molar-refractivity contribution in [3.63, 3.8) is 0 Å². The van der Waals surface area contributed by atoms with Gasteiger partial charge in [-0.25, -0.2) is 0 Å². The summed E-state index contributed by atoms with van der Waals surface area (Å²) in [6.07, 6.45) is 3.26. The van der Waals surface area contributed by atoms with Gasteiger partial charge >= 0.3 is 0 Å². The minimum absolute atomic E-state index is 0.259. The molecule has 1 aromatic carbocycles. The quantitative estimate of drug-likeness (QED) is 0.657. The Kier molecular flexibility index (Phi) is 6.66. The molecule has 1 rings (SSSR count). The maximum absolute atomic E-state index is 11.8. The monoisotopic (exact) mass is 248 g/mol. The molecule has 0 atom stereocenters. The smallest absolute Gasteiger partial charge is 0.139 e. The second-order valence-electron chi connectivity index (χ2n) is 4.85. The molecule has 0 radical (unpaired) electrons. The standard InChI is InChI=1S/C16H24O2/c1-4-5-9-18-10-8-16(17)12-15-7-6-13(2)14(3)11-15/h6-7,11H,4-5,8-10,12H2,1-3H3. The first-order valence-electron chi connectivity index (χ1n) is 6.79. The highest BCUT2D eigenvalue weighted by Gasteiger charge is 2.04. The van der Waals surface area contributed by atoms with E-state index >= 15 is 0 Å². The van der Waals surface area contributed by atoms with E-state index in [1.54, 1.807) is 0 Å². The number of carbonyl (C=O) groups excluding carboxylic acids is 1. The average molecular weight is 248 g/mol. The van der Waals surface area contributed by atoms with Gasteiger partial charge in [-0.3, -0.25) is 4.79 Å². The number of rotatable bonds is 8. The van der Waals surface area contributed by atoms with Gasteiger partial charge in [-0.1, -0.05) is 31.5 Å². The van der Waals surface area contributed by atoms with Crippen molar-refractivity contribution in [3.8, 4) is 0 Å². The van der Waals surface area contributed by atoms with Crippen molar-refractivity contribution in [2.75, 3.05) is 13.2 Å². The number of aryl methyl sites for hydroxylation is 2. The van der Waals surface area contributed by atoms with Crippen LogP contribution in [0.5, 0.6) is 0 Å². The summed E-state index contributed by atoms with van der Waals surface area (Å²) in [4.78, 5) is 11.8. The van der Waals surface area contributed by atoms with E-state index in [2.05, 4.69) is 32.9 Å². The van der Waals surface area contributed by atoms with E-state index in [0.717, 1.165) is 25.0 Å². The first-order valence-corrected chi connectivity index (χ1v) is 6.79. The lowest BCUT2D eigenvalue weighted by Crippen LogP contribution is -2.08. The van der Waals surface area contributed by atoms with Crippen LogP contribution in [-0.2, 0) is 16.0 Å². The van der Waals surface area contributed by atoms with Crippen LogP contribution in [0.1, 0.15) is 42.9 Å². The summed E-state index contributed by atoms with van der Waals surface area (Å²) < 4.78 is 5.40. The molecule has 0 spiro atoms. The van der Waals surface area contributed by atoms with Gasteiger partial charge in [0.1, 0.15) is 5.78 Å².